The lowest BCUT2D eigenvalue weighted by Crippen LogP contribution is -2.21. The fourth-order valence-electron chi connectivity index (χ4n) is 2.79. The van der Waals surface area contributed by atoms with E-state index in [4.69, 9.17) is 0 Å². The van der Waals surface area contributed by atoms with Crippen molar-refractivity contribution in [3.8, 4) is 0 Å². The van der Waals surface area contributed by atoms with Gasteiger partial charge in [0.15, 0.2) is 15.6 Å². The van der Waals surface area contributed by atoms with Crippen molar-refractivity contribution in [2.75, 3.05) is 22.1 Å². The van der Waals surface area contributed by atoms with E-state index in [-0.39, 0.29) is 23.3 Å². The molecule has 0 bridgehead atoms. The summed E-state index contributed by atoms with van der Waals surface area (Å²) >= 11 is 0. The van der Waals surface area contributed by atoms with E-state index in [0.717, 1.165) is 5.69 Å². The van der Waals surface area contributed by atoms with Gasteiger partial charge in [-0.05, 0) is 32.4 Å². The maximum Gasteiger partial charge on any atom is 0.159 e. The monoisotopic (exact) mass is 360 g/mol. The van der Waals surface area contributed by atoms with Gasteiger partial charge < -0.3 is 10.6 Å². The average molecular weight is 360 g/mol. The number of nitrogens with zero attached hydrogens (tertiary/aromatic N) is 2. The predicted molar refractivity (Wildman–Crippen MR) is 97.2 cm³/mol. The van der Waals surface area contributed by atoms with Crippen LogP contribution < -0.4 is 10.6 Å². The Labute approximate surface area is 146 Å². The summed E-state index contributed by atoms with van der Waals surface area (Å²) in [5, 5.41) is 6.33. The van der Waals surface area contributed by atoms with E-state index < -0.39 is 9.84 Å². The number of aryl methyl sites for hydroxylation is 1. The van der Waals surface area contributed by atoms with Gasteiger partial charge in [0.25, 0.3) is 0 Å². The number of ketones is 1. The van der Waals surface area contributed by atoms with Gasteiger partial charge in [-0.3, -0.25) is 4.79 Å². The number of aromatic nitrogens is 2. The first-order valence-corrected chi connectivity index (χ1v) is 9.83. The Bertz CT molecular complexity index is 912. The predicted octanol–water partition coefficient (Wildman–Crippen LogP) is 2.33. The minimum Gasteiger partial charge on any atom is -0.366 e. The summed E-state index contributed by atoms with van der Waals surface area (Å²) in [6.45, 7) is 3.29. The van der Waals surface area contributed by atoms with Gasteiger partial charge in [-0.15, -0.1) is 0 Å². The molecule has 1 aromatic heterocycles. The van der Waals surface area contributed by atoms with E-state index in [2.05, 4.69) is 20.6 Å². The average Bonchev–Trinajstić information content (AvgIpc) is 2.85. The molecule has 2 N–H and O–H groups in total. The van der Waals surface area contributed by atoms with Crippen LogP contribution in [0.15, 0.2) is 30.3 Å². The van der Waals surface area contributed by atoms with Gasteiger partial charge in [-0.2, -0.15) is 0 Å². The smallest absolute Gasteiger partial charge is 0.159 e. The molecule has 3 rings (SSSR count). The van der Waals surface area contributed by atoms with Crippen molar-refractivity contribution in [2.24, 2.45) is 0 Å². The summed E-state index contributed by atoms with van der Waals surface area (Å²) in [4.78, 5) is 20.2. The zero-order valence-electron chi connectivity index (χ0n) is 14.1. The Morgan fingerprint density at radius 1 is 1.20 bits per heavy atom. The highest BCUT2D eigenvalue weighted by atomic mass is 32.2. The van der Waals surface area contributed by atoms with Crippen molar-refractivity contribution in [1.82, 2.24) is 9.97 Å². The summed E-state index contributed by atoms with van der Waals surface area (Å²) in [5.74, 6) is 2.05. The number of rotatable bonds is 5. The standard InChI is InChI=1S/C17H20N4O3S/c1-11(22)13-4-3-5-14(8-13)20-16-9-17(19-12(2)18-16)21-15-6-7-25(23,24)10-15/h3-5,8-9,15H,6-7,10H2,1-2H3,(H2,18,19,20,21). The first kappa shape index (κ1) is 17.3. The van der Waals surface area contributed by atoms with Crippen LogP contribution in [-0.2, 0) is 9.84 Å². The quantitative estimate of drug-likeness (QED) is 0.789. The van der Waals surface area contributed by atoms with Gasteiger partial charge in [0.05, 0.1) is 11.5 Å². The molecule has 132 valence electrons. The number of Topliss-reactive ketones (excluding diaryl/α,β-unsaturated/α-hetero) is 1. The van der Waals surface area contributed by atoms with Crippen LogP contribution >= 0.6 is 0 Å². The first-order chi connectivity index (χ1) is 11.8. The summed E-state index contributed by atoms with van der Waals surface area (Å²) in [6, 6.07) is 8.77. The van der Waals surface area contributed by atoms with Gasteiger partial charge in [-0.1, -0.05) is 12.1 Å². The molecule has 1 atom stereocenters. The second-order valence-electron chi connectivity index (χ2n) is 6.19. The Kier molecular flexibility index (Phi) is 4.71. The second-order valence-corrected chi connectivity index (χ2v) is 8.42. The third kappa shape index (κ3) is 4.54. The molecule has 2 aromatic rings. The third-order valence-corrected chi connectivity index (χ3v) is 5.73. The zero-order chi connectivity index (χ0) is 18.0. The van der Waals surface area contributed by atoms with Gasteiger partial charge >= 0.3 is 0 Å². The molecule has 0 spiro atoms. The highest BCUT2D eigenvalue weighted by molar-refractivity contribution is 7.91. The van der Waals surface area contributed by atoms with Crippen LogP contribution in [0.25, 0.3) is 0 Å². The summed E-state index contributed by atoms with van der Waals surface area (Å²) in [6.07, 6.45) is 0.578. The maximum absolute atomic E-state index is 11.6. The molecular weight excluding hydrogens is 340 g/mol. The molecule has 0 amide bonds. The van der Waals surface area contributed by atoms with Crippen molar-refractivity contribution in [1.29, 1.82) is 0 Å². The molecule has 0 radical (unpaired) electrons. The highest BCUT2D eigenvalue weighted by Crippen LogP contribution is 2.21. The molecule has 1 saturated heterocycles. The minimum atomic E-state index is -2.95. The van der Waals surface area contributed by atoms with Gasteiger partial charge in [-0.25, -0.2) is 18.4 Å². The minimum absolute atomic E-state index is 0.00711. The van der Waals surface area contributed by atoms with Crippen LogP contribution in [-0.4, -0.2) is 41.7 Å². The lowest BCUT2D eigenvalue weighted by Gasteiger charge is -2.14. The summed E-state index contributed by atoms with van der Waals surface area (Å²) in [5.41, 5.74) is 1.37. The summed E-state index contributed by atoms with van der Waals surface area (Å²) in [7, 11) is -2.95. The second kappa shape index (κ2) is 6.79. The number of hydrogen-bond donors (Lipinski definition) is 2. The molecule has 1 aliphatic heterocycles. The van der Waals surface area contributed by atoms with Crippen LogP contribution in [0.5, 0.6) is 0 Å². The molecule has 2 heterocycles. The topological polar surface area (TPSA) is 101 Å². The fraction of sp³-hybridized carbons (Fsp3) is 0.353. The largest absolute Gasteiger partial charge is 0.366 e. The molecule has 0 aliphatic carbocycles. The van der Waals surface area contributed by atoms with Crippen molar-refractivity contribution < 1.29 is 13.2 Å². The van der Waals surface area contributed by atoms with Crippen LogP contribution in [0.4, 0.5) is 17.3 Å². The number of carbonyl (C=O) groups is 1. The molecule has 25 heavy (non-hydrogen) atoms. The molecule has 1 fully saturated rings. The van der Waals surface area contributed by atoms with Crippen molar-refractivity contribution in [3.63, 3.8) is 0 Å². The van der Waals surface area contributed by atoms with Crippen LogP contribution in [0.2, 0.25) is 0 Å². The van der Waals surface area contributed by atoms with E-state index in [1.807, 2.05) is 6.07 Å². The van der Waals surface area contributed by atoms with E-state index in [9.17, 15) is 13.2 Å². The van der Waals surface area contributed by atoms with E-state index in [1.54, 1.807) is 31.2 Å². The van der Waals surface area contributed by atoms with Crippen molar-refractivity contribution in [2.45, 2.75) is 26.3 Å². The molecule has 1 aromatic carbocycles. The number of hydrogen-bond acceptors (Lipinski definition) is 7. The third-order valence-electron chi connectivity index (χ3n) is 3.96. The van der Waals surface area contributed by atoms with Gasteiger partial charge in [0, 0.05) is 23.4 Å². The van der Waals surface area contributed by atoms with Crippen molar-refractivity contribution in [3.05, 3.63) is 41.7 Å². The Balaban J connectivity index is 1.78. The number of benzene rings is 1. The van der Waals surface area contributed by atoms with Crippen molar-refractivity contribution >= 4 is 32.9 Å². The molecule has 7 nitrogen and oxygen atoms in total. The Morgan fingerprint density at radius 2 is 1.96 bits per heavy atom. The van der Waals surface area contributed by atoms with Crippen LogP contribution in [0, 0.1) is 6.92 Å². The van der Waals surface area contributed by atoms with Crippen LogP contribution in [0.3, 0.4) is 0 Å². The van der Waals surface area contributed by atoms with Crippen LogP contribution in [0.1, 0.15) is 29.5 Å². The number of carbonyl (C=O) groups excluding carboxylic acids is 1. The Hall–Kier alpha value is -2.48. The van der Waals surface area contributed by atoms with E-state index in [0.29, 0.717) is 29.4 Å². The molecule has 1 unspecified atom stereocenters. The lowest BCUT2D eigenvalue weighted by molar-refractivity contribution is 0.101. The number of anilines is 3. The Morgan fingerprint density at radius 3 is 2.64 bits per heavy atom. The SMILES string of the molecule is CC(=O)c1cccc(Nc2cc(NC3CCS(=O)(=O)C3)nc(C)n2)c1. The lowest BCUT2D eigenvalue weighted by atomic mass is 10.1. The molecule has 0 saturated carbocycles. The normalized spacial score (nSPS) is 18.7. The first-order valence-electron chi connectivity index (χ1n) is 8.01. The number of sulfone groups is 1. The van der Waals surface area contributed by atoms with E-state index in [1.165, 1.54) is 6.92 Å². The molecule has 8 heteroatoms. The van der Waals surface area contributed by atoms with Gasteiger partial charge in [0.2, 0.25) is 0 Å². The fourth-order valence-corrected chi connectivity index (χ4v) is 4.46. The maximum atomic E-state index is 11.6. The molecular formula is C17H20N4O3S. The molecule has 1 aliphatic rings. The highest BCUT2D eigenvalue weighted by Gasteiger charge is 2.28. The van der Waals surface area contributed by atoms with E-state index >= 15 is 0 Å². The zero-order valence-corrected chi connectivity index (χ0v) is 14.9. The number of nitrogens with one attached hydrogen (secondary N) is 2. The summed E-state index contributed by atoms with van der Waals surface area (Å²) < 4.78 is 23.2. The van der Waals surface area contributed by atoms with Gasteiger partial charge in [0.1, 0.15) is 17.5 Å².